The number of methoxy groups -OCH3 is 1. The molecule has 1 saturated carbocycles. The summed E-state index contributed by atoms with van der Waals surface area (Å²) in [4.78, 5) is 11.0. The van der Waals surface area contributed by atoms with Gasteiger partial charge in [-0.25, -0.2) is 0 Å². The lowest BCUT2D eigenvalue weighted by molar-refractivity contribution is -0.132. The summed E-state index contributed by atoms with van der Waals surface area (Å²) >= 11 is 0. The SMILES string of the molecule is COc1cc([C@H](N)CC2CC2)ccc1OC(C)=O.Cl. The first kappa shape index (κ1) is 15.8. The van der Waals surface area contributed by atoms with Crippen LogP contribution < -0.4 is 15.2 Å². The molecule has 1 aromatic carbocycles. The zero-order chi connectivity index (χ0) is 13.1. The Hall–Kier alpha value is -1.26. The van der Waals surface area contributed by atoms with Gasteiger partial charge < -0.3 is 15.2 Å². The predicted octanol–water partition coefficient (Wildman–Crippen LogP) is 2.84. The van der Waals surface area contributed by atoms with Crippen molar-refractivity contribution in [2.75, 3.05) is 7.11 Å². The van der Waals surface area contributed by atoms with Crippen LogP contribution in [-0.4, -0.2) is 13.1 Å². The van der Waals surface area contributed by atoms with Crippen LogP contribution in [0.3, 0.4) is 0 Å². The summed E-state index contributed by atoms with van der Waals surface area (Å²) in [5.74, 6) is 1.41. The van der Waals surface area contributed by atoms with Gasteiger partial charge >= 0.3 is 5.97 Å². The number of carbonyl (C=O) groups is 1. The maximum absolute atomic E-state index is 11.0. The molecule has 4 nitrogen and oxygen atoms in total. The van der Waals surface area contributed by atoms with Gasteiger partial charge in [0.25, 0.3) is 0 Å². The van der Waals surface area contributed by atoms with Crippen LogP contribution in [-0.2, 0) is 4.79 Å². The highest BCUT2D eigenvalue weighted by atomic mass is 35.5. The Morgan fingerprint density at radius 1 is 1.42 bits per heavy atom. The van der Waals surface area contributed by atoms with E-state index >= 15 is 0 Å². The van der Waals surface area contributed by atoms with Gasteiger partial charge in [0.2, 0.25) is 0 Å². The van der Waals surface area contributed by atoms with Gasteiger partial charge in [0, 0.05) is 13.0 Å². The second kappa shape index (κ2) is 6.78. The summed E-state index contributed by atoms with van der Waals surface area (Å²) in [7, 11) is 1.55. The molecular weight excluding hydrogens is 266 g/mol. The number of benzene rings is 1. The number of hydrogen-bond acceptors (Lipinski definition) is 4. The zero-order valence-corrected chi connectivity index (χ0v) is 12.0. The lowest BCUT2D eigenvalue weighted by Gasteiger charge is -2.14. The molecular formula is C14H20ClNO3. The summed E-state index contributed by atoms with van der Waals surface area (Å²) in [5, 5.41) is 0. The van der Waals surface area contributed by atoms with Crippen molar-refractivity contribution in [3.8, 4) is 11.5 Å². The standard InChI is InChI=1S/C14H19NO3.ClH/c1-9(16)18-13-6-5-11(8-14(13)17-2)12(15)7-10-3-4-10;/h5-6,8,10,12H,3-4,7,15H2,1-2H3;1H/t12-;/m1./s1. The highest BCUT2D eigenvalue weighted by molar-refractivity contribution is 5.85. The summed E-state index contributed by atoms with van der Waals surface area (Å²) in [6, 6.07) is 5.51. The molecule has 5 heteroatoms. The van der Waals surface area contributed by atoms with Crippen LogP contribution in [0.5, 0.6) is 11.5 Å². The average Bonchev–Trinajstić information content (AvgIpc) is 3.12. The van der Waals surface area contributed by atoms with Crippen LogP contribution in [0.1, 0.15) is 37.8 Å². The molecule has 1 atom stereocenters. The normalized spacial score (nSPS) is 15.3. The molecule has 1 fully saturated rings. The van der Waals surface area contributed by atoms with Crippen molar-refractivity contribution in [1.29, 1.82) is 0 Å². The Labute approximate surface area is 119 Å². The Balaban J connectivity index is 0.00000180. The van der Waals surface area contributed by atoms with E-state index in [9.17, 15) is 4.79 Å². The van der Waals surface area contributed by atoms with Gasteiger partial charge in [-0.3, -0.25) is 4.79 Å². The number of nitrogens with two attached hydrogens (primary N) is 1. The molecule has 0 amide bonds. The molecule has 0 spiro atoms. The van der Waals surface area contributed by atoms with Crippen molar-refractivity contribution in [2.45, 2.75) is 32.2 Å². The molecule has 1 aliphatic rings. The number of carbonyl (C=O) groups excluding carboxylic acids is 1. The maximum atomic E-state index is 11.0. The molecule has 106 valence electrons. The fraction of sp³-hybridized carbons (Fsp3) is 0.500. The number of esters is 1. The zero-order valence-electron chi connectivity index (χ0n) is 11.2. The average molecular weight is 286 g/mol. The van der Waals surface area contributed by atoms with E-state index in [0.717, 1.165) is 17.9 Å². The van der Waals surface area contributed by atoms with E-state index in [1.165, 1.54) is 19.8 Å². The fourth-order valence-corrected chi connectivity index (χ4v) is 2.00. The first-order valence-corrected chi connectivity index (χ1v) is 6.22. The summed E-state index contributed by atoms with van der Waals surface area (Å²) in [5.41, 5.74) is 7.17. The van der Waals surface area contributed by atoms with E-state index < -0.39 is 0 Å². The summed E-state index contributed by atoms with van der Waals surface area (Å²) in [6.07, 6.45) is 3.59. The third kappa shape index (κ3) is 4.40. The van der Waals surface area contributed by atoms with Crippen molar-refractivity contribution in [3.63, 3.8) is 0 Å². The Morgan fingerprint density at radius 2 is 2.11 bits per heavy atom. The smallest absolute Gasteiger partial charge is 0.308 e. The van der Waals surface area contributed by atoms with Crippen LogP contribution in [0.4, 0.5) is 0 Å². The minimum Gasteiger partial charge on any atom is -0.493 e. The topological polar surface area (TPSA) is 61.6 Å². The molecule has 19 heavy (non-hydrogen) atoms. The van der Waals surface area contributed by atoms with Crippen molar-refractivity contribution in [2.24, 2.45) is 11.7 Å². The molecule has 0 radical (unpaired) electrons. The largest absolute Gasteiger partial charge is 0.493 e. The number of hydrogen-bond donors (Lipinski definition) is 1. The Kier molecular flexibility index (Phi) is 5.63. The Morgan fingerprint density at radius 3 is 2.63 bits per heavy atom. The van der Waals surface area contributed by atoms with Crippen LogP contribution >= 0.6 is 12.4 Å². The van der Waals surface area contributed by atoms with Crippen molar-refractivity contribution in [3.05, 3.63) is 23.8 Å². The molecule has 1 aromatic rings. The van der Waals surface area contributed by atoms with Gasteiger partial charge in [0.15, 0.2) is 11.5 Å². The minimum absolute atomic E-state index is 0. The first-order valence-electron chi connectivity index (χ1n) is 6.22. The highest BCUT2D eigenvalue weighted by Crippen LogP contribution is 2.38. The minimum atomic E-state index is -0.358. The molecule has 0 unspecified atom stereocenters. The molecule has 1 aliphatic carbocycles. The molecule has 0 aromatic heterocycles. The van der Waals surface area contributed by atoms with E-state index in [2.05, 4.69) is 0 Å². The van der Waals surface area contributed by atoms with Gasteiger partial charge in [0.1, 0.15) is 0 Å². The van der Waals surface area contributed by atoms with E-state index in [4.69, 9.17) is 15.2 Å². The van der Waals surface area contributed by atoms with Gasteiger partial charge in [-0.05, 0) is 30.0 Å². The van der Waals surface area contributed by atoms with Crippen LogP contribution in [0.15, 0.2) is 18.2 Å². The molecule has 2 rings (SSSR count). The lowest BCUT2D eigenvalue weighted by atomic mass is 10.0. The second-order valence-corrected chi connectivity index (χ2v) is 4.79. The second-order valence-electron chi connectivity index (χ2n) is 4.79. The summed E-state index contributed by atoms with van der Waals surface area (Å²) in [6.45, 7) is 1.37. The van der Waals surface area contributed by atoms with Gasteiger partial charge in [-0.2, -0.15) is 0 Å². The predicted molar refractivity (Wildman–Crippen MR) is 75.8 cm³/mol. The molecule has 0 aliphatic heterocycles. The van der Waals surface area contributed by atoms with E-state index in [0.29, 0.717) is 11.5 Å². The van der Waals surface area contributed by atoms with E-state index in [1.54, 1.807) is 13.2 Å². The van der Waals surface area contributed by atoms with E-state index in [-0.39, 0.29) is 24.4 Å². The van der Waals surface area contributed by atoms with Crippen molar-refractivity contribution < 1.29 is 14.3 Å². The summed E-state index contributed by atoms with van der Waals surface area (Å²) < 4.78 is 10.3. The maximum Gasteiger partial charge on any atom is 0.308 e. The fourth-order valence-electron chi connectivity index (χ4n) is 2.00. The van der Waals surface area contributed by atoms with Crippen LogP contribution in [0.2, 0.25) is 0 Å². The quantitative estimate of drug-likeness (QED) is 0.667. The highest BCUT2D eigenvalue weighted by Gasteiger charge is 2.25. The lowest BCUT2D eigenvalue weighted by Crippen LogP contribution is -2.11. The van der Waals surface area contributed by atoms with Crippen molar-refractivity contribution >= 4 is 18.4 Å². The molecule has 0 heterocycles. The van der Waals surface area contributed by atoms with Gasteiger partial charge in [-0.15, -0.1) is 12.4 Å². The number of rotatable bonds is 5. The van der Waals surface area contributed by atoms with Gasteiger partial charge in [0.05, 0.1) is 7.11 Å². The third-order valence-electron chi connectivity index (χ3n) is 3.15. The number of ether oxygens (including phenoxy) is 2. The van der Waals surface area contributed by atoms with Crippen LogP contribution in [0.25, 0.3) is 0 Å². The molecule has 0 bridgehead atoms. The molecule has 2 N–H and O–H groups in total. The third-order valence-corrected chi connectivity index (χ3v) is 3.15. The Bertz CT molecular complexity index is 446. The van der Waals surface area contributed by atoms with Crippen LogP contribution in [0, 0.1) is 5.92 Å². The monoisotopic (exact) mass is 285 g/mol. The van der Waals surface area contributed by atoms with Gasteiger partial charge in [-0.1, -0.05) is 18.9 Å². The van der Waals surface area contributed by atoms with E-state index in [1.807, 2.05) is 12.1 Å². The molecule has 0 saturated heterocycles. The number of halogens is 1. The first-order chi connectivity index (χ1) is 8.60. The van der Waals surface area contributed by atoms with Crippen molar-refractivity contribution in [1.82, 2.24) is 0 Å².